The fraction of sp³-hybridized carbons (Fsp3) is 0.450. The molecule has 1 amide bonds. The zero-order valence-electron chi connectivity index (χ0n) is 16.1. The number of rotatable bonds is 7. The first-order valence-electron chi connectivity index (χ1n) is 9.39. The van der Waals surface area contributed by atoms with Crippen LogP contribution in [-0.2, 0) is 11.2 Å². The summed E-state index contributed by atoms with van der Waals surface area (Å²) in [5.41, 5.74) is 1.23. The molecule has 2 aliphatic rings. The summed E-state index contributed by atoms with van der Waals surface area (Å²) >= 11 is 0. The van der Waals surface area contributed by atoms with Gasteiger partial charge in [-0.3, -0.25) is 4.90 Å². The summed E-state index contributed by atoms with van der Waals surface area (Å²) in [5, 5.41) is 0. The van der Waals surface area contributed by atoms with Crippen LogP contribution in [0.4, 0.5) is 10.6 Å². The number of fused-ring (bicyclic) bond motifs is 1. The van der Waals surface area contributed by atoms with Gasteiger partial charge in [0.25, 0.3) is 0 Å². The van der Waals surface area contributed by atoms with Crippen molar-refractivity contribution in [3.8, 4) is 11.6 Å². The van der Waals surface area contributed by atoms with Crippen molar-refractivity contribution in [2.24, 2.45) is 0 Å². The van der Waals surface area contributed by atoms with Gasteiger partial charge in [-0.2, -0.15) is 0 Å². The molecule has 1 aromatic heterocycles. The number of benzene rings is 1. The van der Waals surface area contributed by atoms with Crippen LogP contribution >= 0.6 is 0 Å². The number of aromatic nitrogens is 2. The van der Waals surface area contributed by atoms with Gasteiger partial charge in [-0.25, -0.2) is 14.8 Å². The van der Waals surface area contributed by atoms with Crippen LogP contribution in [0.2, 0.25) is 0 Å². The SMILES string of the molecule is COc1ccc(CCCN2C(=O)O[C@H]3CN(c4cc(OC)ncn4)C[C@H]32)cc1. The molecule has 0 bridgehead atoms. The molecule has 2 saturated heterocycles. The van der Waals surface area contributed by atoms with Crippen molar-refractivity contribution in [1.82, 2.24) is 14.9 Å². The lowest BCUT2D eigenvalue weighted by Crippen LogP contribution is -2.38. The largest absolute Gasteiger partial charge is 0.497 e. The first-order valence-corrected chi connectivity index (χ1v) is 9.39. The molecule has 0 unspecified atom stereocenters. The molecule has 3 heterocycles. The third-order valence-corrected chi connectivity index (χ3v) is 5.31. The van der Waals surface area contributed by atoms with Crippen molar-refractivity contribution in [3.63, 3.8) is 0 Å². The Balaban J connectivity index is 1.35. The van der Waals surface area contributed by atoms with Crippen LogP contribution in [0.1, 0.15) is 12.0 Å². The fourth-order valence-electron chi connectivity index (χ4n) is 3.81. The lowest BCUT2D eigenvalue weighted by Gasteiger charge is -2.23. The Bertz CT molecular complexity index is 829. The van der Waals surface area contributed by atoms with Crippen molar-refractivity contribution < 1.29 is 19.0 Å². The summed E-state index contributed by atoms with van der Waals surface area (Å²) in [4.78, 5) is 24.6. The molecule has 0 aliphatic carbocycles. The van der Waals surface area contributed by atoms with E-state index < -0.39 is 0 Å². The van der Waals surface area contributed by atoms with E-state index in [0.717, 1.165) is 24.4 Å². The monoisotopic (exact) mass is 384 g/mol. The highest BCUT2D eigenvalue weighted by Gasteiger charge is 2.47. The van der Waals surface area contributed by atoms with E-state index in [-0.39, 0.29) is 18.2 Å². The first kappa shape index (κ1) is 18.3. The number of nitrogens with zero attached hydrogens (tertiary/aromatic N) is 4. The van der Waals surface area contributed by atoms with Gasteiger partial charge >= 0.3 is 6.09 Å². The van der Waals surface area contributed by atoms with E-state index in [9.17, 15) is 4.79 Å². The zero-order chi connectivity index (χ0) is 19.5. The number of hydrogen-bond donors (Lipinski definition) is 0. The molecule has 0 saturated carbocycles. The van der Waals surface area contributed by atoms with Crippen molar-refractivity contribution >= 4 is 11.9 Å². The smallest absolute Gasteiger partial charge is 0.410 e. The number of amides is 1. The summed E-state index contributed by atoms with van der Waals surface area (Å²) in [6, 6.07) is 9.88. The lowest BCUT2D eigenvalue weighted by molar-refractivity contribution is 0.135. The van der Waals surface area contributed by atoms with Crippen molar-refractivity contribution in [2.45, 2.75) is 25.0 Å². The Kier molecular flexibility index (Phi) is 5.18. The zero-order valence-corrected chi connectivity index (χ0v) is 16.1. The van der Waals surface area contributed by atoms with Gasteiger partial charge in [-0.1, -0.05) is 12.1 Å². The number of carbonyl (C=O) groups is 1. The van der Waals surface area contributed by atoms with E-state index in [2.05, 4.69) is 27.0 Å². The second-order valence-corrected chi connectivity index (χ2v) is 6.96. The minimum absolute atomic E-state index is 0.0457. The van der Waals surface area contributed by atoms with E-state index in [0.29, 0.717) is 25.5 Å². The van der Waals surface area contributed by atoms with Crippen LogP contribution in [-0.4, -0.2) is 67.0 Å². The predicted molar refractivity (Wildman–Crippen MR) is 103 cm³/mol. The van der Waals surface area contributed by atoms with Crippen LogP contribution in [0.5, 0.6) is 11.6 Å². The molecule has 1 aromatic carbocycles. The maximum atomic E-state index is 12.3. The molecule has 0 N–H and O–H groups in total. The van der Waals surface area contributed by atoms with E-state index in [1.54, 1.807) is 20.3 Å². The number of aryl methyl sites for hydroxylation is 1. The third-order valence-electron chi connectivity index (χ3n) is 5.31. The summed E-state index contributed by atoms with van der Waals surface area (Å²) in [5.74, 6) is 2.16. The summed E-state index contributed by atoms with van der Waals surface area (Å²) in [6.07, 6.45) is 2.92. The van der Waals surface area contributed by atoms with Crippen molar-refractivity contribution in [1.29, 1.82) is 0 Å². The Morgan fingerprint density at radius 2 is 1.96 bits per heavy atom. The minimum Gasteiger partial charge on any atom is -0.497 e. The fourth-order valence-corrected chi connectivity index (χ4v) is 3.81. The molecule has 8 nitrogen and oxygen atoms in total. The maximum absolute atomic E-state index is 12.3. The molecule has 4 rings (SSSR count). The number of carbonyl (C=O) groups excluding carboxylic acids is 1. The van der Waals surface area contributed by atoms with Crippen LogP contribution in [0.15, 0.2) is 36.7 Å². The second-order valence-electron chi connectivity index (χ2n) is 6.96. The summed E-state index contributed by atoms with van der Waals surface area (Å²) < 4.78 is 16.0. The van der Waals surface area contributed by atoms with E-state index in [1.165, 1.54) is 11.9 Å². The Hall–Kier alpha value is -3.03. The van der Waals surface area contributed by atoms with Gasteiger partial charge in [0.15, 0.2) is 0 Å². The molecule has 2 aliphatic heterocycles. The second kappa shape index (κ2) is 7.92. The molecule has 2 aromatic rings. The molecule has 0 radical (unpaired) electrons. The van der Waals surface area contributed by atoms with Gasteiger partial charge in [0.05, 0.1) is 26.8 Å². The standard InChI is InChI=1S/C20H24N4O4/c1-26-15-7-5-14(6-8-15)4-3-9-24-16-11-23(12-17(16)28-20(24)25)18-10-19(27-2)22-13-21-18/h5-8,10,13,16-17H,3-4,9,11-12H2,1-2H3/t16-,17+/m1/s1. The van der Waals surface area contributed by atoms with Gasteiger partial charge in [0.2, 0.25) is 5.88 Å². The Morgan fingerprint density at radius 1 is 1.14 bits per heavy atom. The molecule has 2 atom stereocenters. The van der Waals surface area contributed by atoms with E-state index >= 15 is 0 Å². The first-order chi connectivity index (χ1) is 13.7. The number of anilines is 1. The van der Waals surface area contributed by atoms with Crippen molar-refractivity contribution in [2.75, 3.05) is 38.8 Å². The number of methoxy groups -OCH3 is 2. The van der Waals surface area contributed by atoms with Gasteiger partial charge in [0.1, 0.15) is 24.0 Å². The van der Waals surface area contributed by atoms with E-state index in [1.807, 2.05) is 17.0 Å². The maximum Gasteiger partial charge on any atom is 0.410 e. The van der Waals surface area contributed by atoms with Gasteiger partial charge in [-0.05, 0) is 30.5 Å². The van der Waals surface area contributed by atoms with Gasteiger partial charge in [0, 0.05) is 19.2 Å². The lowest BCUT2D eigenvalue weighted by atomic mass is 10.1. The van der Waals surface area contributed by atoms with Crippen LogP contribution in [0.3, 0.4) is 0 Å². The number of ether oxygens (including phenoxy) is 3. The summed E-state index contributed by atoms with van der Waals surface area (Å²) in [7, 11) is 3.24. The Labute approximate surface area is 164 Å². The molecule has 28 heavy (non-hydrogen) atoms. The summed E-state index contributed by atoms with van der Waals surface area (Å²) in [6.45, 7) is 2.00. The average Bonchev–Trinajstić information content (AvgIpc) is 3.26. The van der Waals surface area contributed by atoms with E-state index in [4.69, 9.17) is 14.2 Å². The highest BCUT2D eigenvalue weighted by atomic mass is 16.6. The predicted octanol–water partition coefficient (Wildman–Crippen LogP) is 2.14. The highest BCUT2D eigenvalue weighted by molar-refractivity contribution is 5.71. The van der Waals surface area contributed by atoms with Crippen molar-refractivity contribution in [3.05, 3.63) is 42.2 Å². The number of hydrogen-bond acceptors (Lipinski definition) is 7. The molecule has 8 heteroatoms. The van der Waals surface area contributed by atoms with Gasteiger partial charge in [-0.15, -0.1) is 0 Å². The van der Waals surface area contributed by atoms with Crippen LogP contribution in [0, 0.1) is 0 Å². The van der Waals surface area contributed by atoms with Gasteiger partial charge < -0.3 is 19.1 Å². The normalized spacial score (nSPS) is 20.9. The topological polar surface area (TPSA) is 77.0 Å². The molecular formula is C20H24N4O4. The minimum atomic E-state index is -0.218. The Morgan fingerprint density at radius 3 is 2.71 bits per heavy atom. The molecular weight excluding hydrogens is 360 g/mol. The van der Waals surface area contributed by atoms with Crippen LogP contribution < -0.4 is 14.4 Å². The van der Waals surface area contributed by atoms with Crippen LogP contribution in [0.25, 0.3) is 0 Å². The average molecular weight is 384 g/mol. The molecule has 0 spiro atoms. The molecule has 2 fully saturated rings. The highest BCUT2D eigenvalue weighted by Crippen LogP contribution is 2.30. The quantitative estimate of drug-likeness (QED) is 0.724. The molecule has 148 valence electrons. The third kappa shape index (κ3) is 3.67.